The lowest BCUT2D eigenvalue weighted by Crippen LogP contribution is -2.46. The summed E-state index contributed by atoms with van der Waals surface area (Å²) in [6.45, 7) is 0.728. The summed E-state index contributed by atoms with van der Waals surface area (Å²) in [7, 11) is 0. The van der Waals surface area contributed by atoms with Crippen molar-refractivity contribution >= 4 is 11.9 Å². The molecule has 2 aromatic rings. The molecule has 32 heavy (non-hydrogen) atoms. The zero-order valence-electron chi connectivity index (χ0n) is 18.8. The number of hydrogen-bond donors (Lipinski definition) is 1. The Morgan fingerprint density at radius 1 is 0.906 bits per heavy atom. The first-order valence-electron chi connectivity index (χ1n) is 12.5. The summed E-state index contributed by atoms with van der Waals surface area (Å²) in [5.74, 6) is 2.07. The molecule has 1 unspecified atom stereocenters. The van der Waals surface area contributed by atoms with E-state index in [0.717, 1.165) is 36.4 Å². The van der Waals surface area contributed by atoms with Gasteiger partial charge in [0.05, 0.1) is 0 Å². The first-order chi connectivity index (χ1) is 15.6. The van der Waals surface area contributed by atoms with E-state index in [2.05, 4.69) is 48.5 Å². The topological polar surface area (TPSA) is 58.7 Å². The number of guanidine groups is 1. The maximum Gasteiger partial charge on any atom is 0.262 e. The van der Waals surface area contributed by atoms with Gasteiger partial charge in [-0.25, -0.2) is 4.99 Å². The second-order valence-electron chi connectivity index (χ2n) is 10.4. The largest absolute Gasteiger partial charge is 0.369 e. The summed E-state index contributed by atoms with van der Waals surface area (Å²) in [6, 6.07) is 17.4. The van der Waals surface area contributed by atoms with E-state index in [9.17, 15) is 4.79 Å². The molecule has 3 saturated carbocycles. The van der Waals surface area contributed by atoms with E-state index in [0.29, 0.717) is 11.9 Å². The highest BCUT2D eigenvalue weighted by Crippen LogP contribution is 2.52. The van der Waals surface area contributed by atoms with E-state index in [1.54, 1.807) is 0 Å². The van der Waals surface area contributed by atoms with E-state index in [1.165, 1.54) is 56.1 Å². The van der Waals surface area contributed by atoms with Crippen LogP contribution in [-0.2, 0) is 10.3 Å². The second kappa shape index (κ2) is 7.75. The molecule has 166 valence electrons. The average Bonchev–Trinajstić information content (AvgIpc) is 3.75. The molecule has 1 atom stereocenters. The Labute approximate surface area is 190 Å². The molecule has 0 bridgehead atoms. The number of rotatable bonds is 6. The van der Waals surface area contributed by atoms with Crippen molar-refractivity contribution in [2.24, 2.45) is 22.6 Å². The molecule has 2 N–H and O–H groups in total. The fraction of sp³-hybridized carbons (Fsp3) is 0.500. The third-order valence-electron chi connectivity index (χ3n) is 8.04. The fourth-order valence-corrected chi connectivity index (χ4v) is 5.92. The molecule has 4 aliphatic rings. The van der Waals surface area contributed by atoms with Crippen molar-refractivity contribution in [2.75, 3.05) is 6.54 Å². The van der Waals surface area contributed by atoms with Crippen molar-refractivity contribution in [3.05, 3.63) is 59.7 Å². The van der Waals surface area contributed by atoms with E-state index >= 15 is 0 Å². The SMILES string of the molecule is NC1=NC(c2cccc(-c3cccc(C4CC4)c3)c2)(C2CC2)C(=O)N1CC1CCCCC1. The third-order valence-corrected chi connectivity index (χ3v) is 8.04. The number of nitrogens with zero attached hydrogens (tertiary/aromatic N) is 2. The summed E-state index contributed by atoms with van der Waals surface area (Å²) >= 11 is 0. The molecule has 4 heteroatoms. The number of carbonyl (C=O) groups excluding carboxylic acids is 1. The summed E-state index contributed by atoms with van der Waals surface area (Å²) in [6.07, 6.45) is 10.9. The van der Waals surface area contributed by atoms with Crippen LogP contribution in [0.2, 0.25) is 0 Å². The standard InChI is InChI=1S/C28H33N3O/c29-27-30-28(24-14-15-24,26(32)31(27)18-19-6-2-1-3-7-19)25-11-5-10-23(17-25)22-9-4-8-21(16-22)20-12-13-20/h4-5,8-11,16-17,19-20,24H,1-3,6-7,12-15,18H2,(H2,29,30). The van der Waals surface area contributed by atoms with Gasteiger partial charge in [0.25, 0.3) is 5.91 Å². The van der Waals surface area contributed by atoms with Gasteiger partial charge in [0.2, 0.25) is 0 Å². The van der Waals surface area contributed by atoms with Crippen molar-refractivity contribution in [3.63, 3.8) is 0 Å². The Morgan fingerprint density at radius 2 is 1.62 bits per heavy atom. The van der Waals surface area contributed by atoms with Gasteiger partial charge in [-0.05, 0) is 84.6 Å². The van der Waals surface area contributed by atoms with Crippen molar-refractivity contribution < 1.29 is 4.79 Å². The van der Waals surface area contributed by atoms with Crippen LogP contribution in [0.5, 0.6) is 0 Å². The van der Waals surface area contributed by atoms with Gasteiger partial charge in [0.15, 0.2) is 11.5 Å². The maximum atomic E-state index is 13.9. The minimum absolute atomic E-state index is 0.104. The summed E-state index contributed by atoms with van der Waals surface area (Å²) < 4.78 is 0. The highest BCUT2D eigenvalue weighted by molar-refractivity contribution is 6.07. The van der Waals surface area contributed by atoms with Gasteiger partial charge < -0.3 is 5.73 Å². The van der Waals surface area contributed by atoms with Gasteiger partial charge in [-0.2, -0.15) is 0 Å². The lowest BCUT2D eigenvalue weighted by atomic mass is 9.83. The molecule has 0 saturated heterocycles. The van der Waals surface area contributed by atoms with E-state index in [1.807, 2.05) is 4.90 Å². The molecule has 2 aromatic carbocycles. The zero-order chi connectivity index (χ0) is 21.7. The van der Waals surface area contributed by atoms with Crippen LogP contribution in [-0.4, -0.2) is 23.3 Å². The number of nitrogens with two attached hydrogens (primary N) is 1. The number of carbonyl (C=O) groups is 1. The van der Waals surface area contributed by atoms with Crippen molar-refractivity contribution in [1.82, 2.24) is 4.90 Å². The molecule has 3 fully saturated rings. The van der Waals surface area contributed by atoms with E-state index in [4.69, 9.17) is 10.7 Å². The molecule has 0 aromatic heterocycles. The van der Waals surface area contributed by atoms with Crippen molar-refractivity contribution in [1.29, 1.82) is 0 Å². The van der Waals surface area contributed by atoms with Crippen LogP contribution in [0.1, 0.15) is 74.8 Å². The number of benzene rings is 2. The Bertz CT molecular complexity index is 1060. The van der Waals surface area contributed by atoms with E-state index in [-0.39, 0.29) is 11.8 Å². The Morgan fingerprint density at radius 3 is 2.34 bits per heavy atom. The number of amides is 1. The molecule has 1 aliphatic heterocycles. The molecule has 4 nitrogen and oxygen atoms in total. The van der Waals surface area contributed by atoms with Gasteiger partial charge in [-0.1, -0.05) is 61.7 Å². The van der Waals surface area contributed by atoms with Crippen LogP contribution < -0.4 is 5.73 Å². The Balaban J connectivity index is 1.34. The molecule has 0 radical (unpaired) electrons. The van der Waals surface area contributed by atoms with Crippen molar-refractivity contribution in [2.45, 2.75) is 69.2 Å². The monoisotopic (exact) mass is 427 g/mol. The first kappa shape index (κ1) is 20.0. The highest BCUT2D eigenvalue weighted by atomic mass is 16.2. The molecular weight excluding hydrogens is 394 g/mol. The van der Waals surface area contributed by atoms with Crippen LogP contribution in [0.4, 0.5) is 0 Å². The number of aliphatic imine (C=N–C) groups is 1. The zero-order valence-corrected chi connectivity index (χ0v) is 18.8. The second-order valence-corrected chi connectivity index (χ2v) is 10.4. The molecule has 1 heterocycles. The summed E-state index contributed by atoms with van der Waals surface area (Å²) in [5.41, 5.74) is 10.4. The van der Waals surface area contributed by atoms with Crippen LogP contribution >= 0.6 is 0 Å². The van der Waals surface area contributed by atoms with Gasteiger partial charge in [0, 0.05) is 6.54 Å². The predicted molar refractivity (Wildman–Crippen MR) is 128 cm³/mol. The van der Waals surface area contributed by atoms with Crippen LogP contribution in [0.3, 0.4) is 0 Å². The van der Waals surface area contributed by atoms with Crippen LogP contribution in [0.25, 0.3) is 11.1 Å². The fourth-order valence-electron chi connectivity index (χ4n) is 5.92. The molecule has 6 rings (SSSR count). The normalized spacial score (nSPS) is 26.4. The minimum atomic E-state index is -0.830. The van der Waals surface area contributed by atoms with Crippen LogP contribution in [0, 0.1) is 11.8 Å². The lowest BCUT2D eigenvalue weighted by molar-refractivity contribution is -0.132. The lowest BCUT2D eigenvalue weighted by Gasteiger charge is -2.30. The summed E-state index contributed by atoms with van der Waals surface area (Å²) in [4.78, 5) is 20.7. The summed E-state index contributed by atoms with van der Waals surface area (Å²) in [5, 5.41) is 0. The maximum absolute atomic E-state index is 13.9. The minimum Gasteiger partial charge on any atom is -0.369 e. The Kier molecular flexibility index (Phi) is 4.85. The third kappa shape index (κ3) is 3.44. The first-order valence-corrected chi connectivity index (χ1v) is 12.5. The number of hydrogen-bond acceptors (Lipinski definition) is 3. The highest BCUT2D eigenvalue weighted by Gasteiger charge is 2.58. The Hall–Kier alpha value is -2.62. The molecular formula is C28H33N3O. The average molecular weight is 428 g/mol. The van der Waals surface area contributed by atoms with E-state index < -0.39 is 5.54 Å². The van der Waals surface area contributed by atoms with Crippen LogP contribution in [0.15, 0.2) is 53.5 Å². The predicted octanol–water partition coefficient (Wildman–Crippen LogP) is 5.57. The van der Waals surface area contributed by atoms with Gasteiger partial charge >= 0.3 is 0 Å². The van der Waals surface area contributed by atoms with Gasteiger partial charge in [-0.3, -0.25) is 9.69 Å². The molecule has 1 amide bonds. The van der Waals surface area contributed by atoms with Gasteiger partial charge in [0.1, 0.15) is 0 Å². The van der Waals surface area contributed by atoms with Crippen molar-refractivity contribution in [3.8, 4) is 11.1 Å². The molecule has 0 spiro atoms. The van der Waals surface area contributed by atoms with Gasteiger partial charge in [-0.15, -0.1) is 0 Å². The smallest absolute Gasteiger partial charge is 0.262 e. The quantitative estimate of drug-likeness (QED) is 0.655. The molecule has 3 aliphatic carbocycles.